The fourth-order valence-corrected chi connectivity index (χ4v) is 5.03. The van der Waals surface area contributed by atoms with E-state index in [2.05, 4.69) is 5.32 Å². The Balaban J connectivity index is 1.68. The number of hydrogen-bond acceptors (Lipinski definition) is 6. The second-order valence-electron chi connectivity index (χ2n) is 8.91. The minimum atomic E-state index is -1.06. The topological polar surface area (TPSA) is 109 Å². The molecule has 184 valence electrons. The predicted octanol–water partition coefficient (Wildman–Crippen LogP) is 5.05. The molecule has 2 aromatic carbocycles. The maximum atomic E-state index is 13.8. The molecule has 2 atom stereocenters. The highest BCUT2D eigenvalue weighted by molar-refractivity contribution is 6.06. The monoisotopic (exact) mass is 486 g/mol. The van der Waals surface area contributed by atoms with Crippen LogP contribution in [0.15, 0.2) is 82.6 Å². The van der Waals surface area contributed by atoms with Gasteiger partial charge in [0.25, 0.3) is 0 Å². The Bertz CT molecular complexity index is 1330. The normalized spacial score (nSPS) is 19.1. The molecule has 0 bridgehead atoms. The van der Waals surface area contributed by atoms with Crippen LogP contribution in [0.5, 0.6) is 5.75 Å². The van der Waals surface area contributed by atoms with E-state index < -0.39 is 12.0 Å². The van der Waals surface area contributed by atoms with E-state index in [-0.39, 0.29) is 36.9 Å². The van der Waals surface area contributed by atoms with Crippen molar-refractivity contribution in [2.45, 2.75) is 37.6 Å². The Morgan fingerprint density at radius 3 is 2.53 bits per heavy atom. The van der Waals surface area contributed by atoms with E-state index >= 15 is 0 Å². The highest BCUT2D eigenvalue weighted by Crippen LogP contribution is 2.47. The van der Waals surface area contributed by atoms with Crippen LogP contribution in [0.1, 0.15) is 49.0 Å². The highest BCUT2D eigenvalue weighted by Gasteiger charge is 2.42. The van der Waals surface area contributed by atoms with Crippen molar-refractivity contribution in [3.05, 3.63) is 89.5 Å². The van der Waals surface area contributed by atoms with Crippen LogP contribution in [0.4, 0.5) is 11.4 Å². The zero-order valence-electron chi connectivity index (χ0n) is 19.8. The van der Waals surface area contributed by atoms with Crippen LogP contribution in [0.3, 0.4) is 0 Å². The first kappa shape index (κ1) is 23.4. The number of ether oxygens (including phenoxy) is 1. The van der Waals surface area contributed by atoms with Gasteiger partial charge in [-0.05, 0) is 48.4 Å². The van der Waals surface area contributed by atoms with E-state index in [1.54, 1.807) is 30.4 Å². The molecular formula is C28H26N2O6. The van der Waals surface area contributed by atoms with Gasteiger partial charge in [-0.25, -0.2) is 0 Å². The summed E-state index contributed by atoms with van der Waals surface area (Å²) in [5.41, 5.74) is 3.23. The minimum absolute atomic E-state index is 0.0881. The Morgan fingerprint density at radius 1 is 1.06 bits per heavy atom. The summed E-state index contributed by atoms with van der Waals surface area (Å²) in [6.07, 6.45) is 1.88. The lowest BCUT2D eigenvalue weighted by molar-refractivity contribution is -0.138. The molecule has 1 amide bonds. The molecule has 0 radical (unpaired) electrons. The third kappa shape index (κ3) is 4.37. The Labute approximate surface area is 208 Å². The average Bonchev–Trinajstić information content (AvgIpc) is 3.37. The molecule has 3 aromatic rings. The zero-order valence-corrected chi connectivity index (χ0v) is 19.8. The number of rotatable bonds is 6. The van der Waals surface area contributed by atoms with Crippen molar-refractivity contribution in [1.82, 2.24) is 0 Å². The largest absolute Gasteiger partial charge is 0.497 e. The Kier molecular flexibility index (Phi) is 6.33. The molecule has 8 heteroatoms. The summed E-state index contributed by atoms with van der Waals surface area (Å²) >= 11 is 0. The van der Waals surface area contributed by atoms with Crippen molar-refractivity contribution in [2.24, 2.45) is 0 Å². The number of ketones is 1. The Hall–Kier alpha value is -4.33. The van der Waals surface area contributed by atoms with Gasteiger partial charge in [-0.1, -0.05) is 24.3 Å². The number of furan rings is 1. The number of carbonyl (C=O) groups is 3. The van der Waals surface area contributed by atoms with Crippen molar-refractivity contribution >= 4 is 29.0 Å². The number of hydrogen-bond donors (Lipinski definition) is 2. The van der Waals surface area contributed by atoms with Gasteiger partial charge in [-0.15, -0.1) is 0 Å². The van der Waals surface area contributed by atoms with E-state index in [0.29, 0.717) is 29.1 Å². The number of amides is 1. The van der Waals surface area contributed by atoms with Gasteiger partial charge in [0.1, 0.15) is 11.5 Å². The molecule has 0 unspecified atom stereocenters. The van der Waals surface area contributed by atoms with Crippen LogP contribution in [0.25, 0.3) is 0 Å². The fraction of sp³-hybridized carbons (Fsp3) is 0.250. The fourth-order valence-electron chi connectivity index (χ4n) is 5.03. The molecule has 0 saturated carbocycles. The molecule has 0 saturated heterocycles. The molecule has 5 rings (SSSR count). The van der Waals surface area contributed by atoms with Gasteiger partial charge in [0, 0.05) is 30.0 Å². The van der Waals surface area contributed by atoms with Gasteiger partial charge in [-0.3, -0.25) is 19.3 Å². The van der Waals surface area contributed by atoms with Crippen molar-refractivity contribution in [3.63, 3.8) is 0 Å². The van der Waals surface area contributed by atoms with E-state index in [1.807, 2.05) is 48.5 Å². The second-order valence-corrected chi connectivity index (χ2v) is 8.91. The molecule has 8 nitrogen and oxygen atoms in total. The molecule has 36 heavy (non-hydrogen) atoms. The molecule has 1 aliphatic heterocycles. The average molecular weight is 487 g/mol. The zero-order chi connectivity index (χ0) is 25.2. The summed E-state index contributed by atoms with van der Waals surface area (Å²) in [6, 6.07) is 17.6. The summed E-state index contributed by atoms with van der Waals surface area (Å²) in [4.78, 5) is 40.3. The number of aliphatic carboxylic acids is 1. The van der Waals surface area contributed by atoms with Crippen molar-refractivity contribution < 1.29 is 28.6 Å². The Morgan fingerprint density at radius 2 is 1.83 bits per heavy atom. The summed E-state index contributed by atoms with van der Waals surface area (Å²) in [5, 5.41) is 12.7. The van der Waals surface area contributed by atoms with Crippen LogP contribution < -0.4 is 15.0 Å². The molecular weight excluding hydrogens is 460 g/mol. The third-order valence-corrected chi connectivity index (χ3v) is 6.69. The number of methoxy groups -OCH3 is 1. The number of fused-ring (bicyclic) bond motifs is 1. The number of Topliss-reactive ketones (excluding diaryl/α,β-unsaturated/α-hetero) is 1. The van der Waals surface area contributed by atoms with Crippen LogP contribution in [-0.2, 0) is 14.4 Å². The van der Waals surface area contributed by atoms with Crippen molar-refractivity contribution in [2.75, 3.05) is 17.3 Å². The molecule has 1 aromatic heterocycles. The lowest BCUT2D eigenvalue weighted by atomic mass is 9.80. The van der Waals surface area contributed by atoms with Gasteiger partial charge in [0.15, 0.2) is 5.78 Å². The molecule has 0 fully saturated rings. The lowest BCUT2D eigenvalue weighted by Gasteiger charge is -2.35. The van der Waals surface area contributed by atoms with E-state index in [4.69, 9.17) is 9.15 Å². The first-order chi connectivity index (χ1) is 17.5. The minimum Gasteiger partial charge on any atom is -0.497 e. The van der Waals surface area contributed by atoms with Crippen LogP contribution in [-0.4, -0.2) is 29.9 Å². The van der Waals surface area contributed by atoms with E-state index in [0.717, 1.165) is 17.0 Å². The van der Waals surface area contributed by atoms with Gasteiger partial charge in [0.05, 0.1) is 37.2 Å². The number of nitrogens with one attached hydrogen (secondary N) is 1. The summed E-state index contributed by atoms with van der Waals surface area (Å²) < 4.78 is 10.9. The van der Waals surface area contributed by atoms with Crippen molar-refractivity contribution in [3.8, 4) is 5.75 Å². The molecule has 2 N–H and O–H groups in total. The molecule has 1 aliphatic carbocycles. The lowest BCUT2D eigenvalue weighted by Crippen LogP contribution is -2.38. The maximum Gasteiger partial charge on any atom is 0.303 e. The standard InChI is InChI=1S/C28H26N2O6/c1-35-19-10-8-17(9-11-19)28-27-21(15-18(16-23(27)31)24-7-4-14-36-24)29-20-5-2-3-6-22(20)30(28)25(32)12-13-26(33)34/h2-11,14,18,28-29H,12-13,15-16H2,1H3,(H,33,34)/t18-,28-/m0/s1. The molecule has 0 spiro atoms. The SMILES string of the molecule is COc1ccc([C@H]2C3=C(C[C@H](c4ccco4)CC3=O)Nc3ccccc3N2C(=O)CCC(=O)O)cc1. The predicted molar refractivity (Wildman–Crippen MR) is 133 cm³/mol. The molecule has 2 heterocycles. The third-order valence-electron chi connectivity index (χ3n) is 6.69. The second kappa shape index (κ2) is 9.73. The van der Waals surface area contributed by atoms with Crippen LogP contribution in [0.2, 0.25) is 0 Å². The number of carboxylic acid groups (broad SMARTS) is 1. The number of para-hydroxylation sites is 2. The number of anilines is 2. The van der Waals surface area contributed by atoms with Crippen molar-refractivity contribution in [1.29, 1.82) is 0 Å². The first-order valence-electron chi connectivity index (χ1n) is 11.8. The van der Waals surface area contributed by atoms with Gasteiger partial charge in [0.2, 0.25) is 5.91 Å². The number of nitrogens with zero attached hydrogens (tertiary/aromatic N) is 1. The summed E-state index contributed by atoms with van der Waals surface area (Å²) in [5.74, 6) is -0.254. The number of allylic oxidation sites excluding steroid dienone is 1. The quantitative estimate of drug-likeness (QED) is 0.502. The number of carbonyl (C=O) groups excluding carboxylic acids is 2. The summed E-state index contributed by atoms with van der Waals surface area (Å²) in [7, 11) is 1.57. The van der Waals surface area contributed by atoms with E-state index in [1.165, 1.54) is 0 Å². The van der Waals surface area contributed by atoms with Crippen LogP contribution >= 0.6 is 0 Å². The number of carboxylic acids is 1. The smallest absolute Gasteiger partial charge is 0.303 e. The maximum absolute atomic E-state index is 13.8. The van der Waals surface area contributed by atoms with E-state index in [9.17, 15) is 19.5 Å². The van der Waals surface area contributed by atoms with Gasteiger partial charge in [-0.2, -0.15) is 0 Å². The summed E-state index contributed by atoms with van der Waals surface area (Å²) in [6.45, 7) is 0. The van der Waals surface area contributed by atoms with Gasteiger partial charge >= 0.3 is 5.97 Å². The first-order valence-corrected chi connectivity index (χ1v) is 11.8. The highest BCUT2D eigenvalue weighted by atomic mass is 16.5. The van der Waals surface area contributed by atoms with Gasteiger partial charge < -0.3 is 19.6 Å². The molecule has 2 aliphatic rings. The number of benzene rings is 2. The van der Waals surface area contributed by atoms with Crippen LogP contribution in [0, 0.1) is 0 Å².